The summed E-state index contributed by atoms with van der Waals surface area (Å²) in [7, 11) is 0. The molecule has 0 bridgehead atoms. The van der Waals surface area contributed by atoms with Gasteiger partial charge in [-0.2, -0.15) is 0 Å². The lowest BCUT2D eigenvalue weighted by molar-refractivity contribution is -0.131. The number of likely N-dealkylation sites (tertiary alicyclic amines) is 1. The van der Waals surface area contributed by atoms with E-state index in [2.05, 4.69) is 53.2 Å². The SMILES string of the molecule is Cc1[nH]c2ccccc2c1CC1CCCN1Cc1ccc(C=CC(=O)O)cc1. The van der Waals surface area contributed by atoms with Crippen LogP contribution in [0.25, 0.3) is 17.0 Å². The van der Waals surface area contributed by atoms with Gasteiger partial charge in [-0.15, -0.1) is 0 Å². The van der Waals surface area contributed by atoms with Crippen LogP contribution in [0.2, 0.25) is 0 Å². The van der Waals surface area contributed by atoms with E-state index in [9.17, 15) is 4.79 Å². The number of aryl methyl sites for hydroxylation is 1. The molecule has 4 rings (SSSR count). The minimum absolute atomic E-state index is 0.560. The first-order valence-corrected chi connectivity index (χ1v) is 9.90. The van der Waals surface area contributed by atoms with E-state index in [1.807, 2.05) is 12.1 Å². The molecule has 1 atom stereocenters. The van der Waals surface area contributed by atoms with Crippen LogP contribution in [0.3, 0.4) is 0 Å². The lowest BCUT2D eigenvalue weighted by Crippen LogP contribution is -2.30. The van der Waals surface area contributed by atoms with Crippen LogP contribution in [0.15, 0.2) is 54.6 Å². The first-order chi connectivity index (χ1) is 13.6. The molecule has 0 amide bonds. The zero-order valence-corrected chi connectivity index (χ0v) is 16.2. The Kier molecular flexibility index (Phi) is 5.31. The van der Waals surface area contributed by atoms with Crippen molar-refractivity contribution in [3.05, 3.63) is 77.0 Å². The van der Waals surface area contributed by atoms with E-state index < -0.39 is 5.97 Å². The van der Waals surface area contributed by atoms with Gasteiger partial charge < -0.3 is 10.1 Å². The van der Waals surface area contributed by atoms with Gasteiger partial charge in [0.2, 0.25) is 0 Å². The predicted octanol–water partition coefficient (Wildman–Crippen LogP) is 4.78. The zero-order valence-electron chi connectivity index (χ0n) is 16.2. The van der Waals surface area contributed by atoms with Gasteiger partial charge in [-0.1, -0.05) is 42.5 Å². The number of hydrogen-bond donors (Lipinski definition) is 2. The second-order valence-corrected chi connectivity index (χ2v) is 7.66. The van der Waals surface area contributed by atoms with Gasteiger partial charge in [0, 0.05) is 35.3 Å². The molecule has 2 aromatic carbocycles. The topological polar surface area (TPSA) is 56.3 Å². The van der Waals surface area contributed by atoms with E-state index in [-0.39, 0.29) is 0 Å². The van der Waals surface area contributed by atoms with Gasteiger partial charge in [0.05, 0.1) is 0 Å². The van der Waals surface area contributed by atoms with E-state index in [4.69, 9.17) is 5.11 Å². The molecule has 0 spiro atoms. The number of hydrogen-bond acceptors (Lipinski definition) is 2. The summed E-state index contributed by atoms with van der Waals surface area (Å²) >= 11 is 0. The third-order valence-electron chi connectivity index (χ3n) is 5.75. The number of benzene rings is 2. The molecule has 4 heteroatoms. The highest BCUT2D eigenvalue weighted by Gasteiger charge is 2.26. The van der Waals surface area contributed by atoms with Gasteiger partial charge in [0.25, 0.3) is 0 Å². The molecular weight excluding hydrogens is 348 g/mol. The first kappa shape index (κ1) is 18.5. The highest BCUT2D eigenvalue weighted by atomic mass is 16.4. The van der Waals surface area contributed by atoms with Crippen LogP contribution in [0.1, 0.15) is 35.2 Å². The van der Waals surface area contributed by atoms with Crippen molar-refractivity contribution in [1.82, 2.24) is 9.88 Å². The van der Waals surface area contributed by atoms with Gasteiger partial charge in [-0.25, -0.2) is 4.79 Å². The van der Waals surface area contributed by atoms with Crippen LogP contribution >= 0.6 is 0 Å². The van der Waals surface area contributed by atoms with E-state index in [1.54, 1.807) is 6.08 Å². The van der Waals surface area contributed by atoms with Crippen molar-refractivity contribution in [3.63, 3.8) is 0 Å². The van der Waals surface area contributed by atoms with E-state index >= 15 is 0 Å². The second-order valence-electron chi connectivity index (χ2n) is 7.66. The highest BCUT2D eigenvalue weighted by Crippen LogP contribution is 2.29. The third kappa shape index (κ3) is 4.02. The largest absolute Gasteiger partial charge is 0.478 e. The Hall–Kier alpha value is -2.85. The average molecular weight is 374 g/mol. The van der Waals surface area contributed by atoms with Crippen molar-refractivity contribution in [2.75, 3.05) is 6.54 Å². The summed E-state index contributed by atoms with van der Waals surface area (Å²) in [5.41, 5.74) is 6.14. The van der Waals surface area contributed by atoms with Crippen LogP contribution < -0.4 is 0 Å². The van der Waals surface area contributed by atoms with E-state index in [0.717, 1.165) is 25.1 Å². The summed E-state index contributed by atoms with van der Waals surface area (Å²) in [6.07, 6.45) is 6.36. The standard InChI is InChI=1S/C24H26N2O2/c1-17-22(21-6-2-3-7-23(21)25-17)15-20-5-4-14-26(20)16-19-10-8-18(9-11-19)12-13-24(27)28/h2-3,6-13,20,25H,4-5,14-16H2,1H3,(H,27,28). The molecule has 3 aromatic rings. The van der Waals surface area contributed by atoms with Gasteiger partial charge in [0.15, 0.2) is 0 Å². The average Bonchev–Trinajstić information content (AvgIpc) is 3.25. The number of aromatic amines is 1. The van der Waals surface area contributed by atoms with Crippen molar-refractivity contribution in [1.29, 1.82) is 0 Å². The van der Waals surface area contributed by atoms with E-state index in [1.165, 1.54) is 46.6 Å². The molecular formula is C24H26N2O2. The molecule has 0 radical (unpaired) electrons. The van der Waals surface area contributed by atoms with Crippen molar-refractivity contribution in [2.24, 2.45) is 0 Å². The summed E-state index contributed by atoms with van der Waals surface area (Å²) in [4.78, 5) is 16.8. The fourth-order valence-electron chi connectivity index (χ4n) is 4.30. The molecule has 28 heavy (non-hydrogen) atoms. The Morgan fingerprint density at radius 2 is 2.00 bits per heavy atom. The number of carboxylic acids is 1. The molecule has 1 unspecified atom stereocenters. The number of fused-ring (bicyclic) bond motifs is 1. The monoisotopic (exact) mass is 374 g/mol. The lowest BCUT2D eigenvalue weighted by atomic mass is 10.0. The molecule has 1 aliphatic heterocycles. The molecule has 2 N–H and O–H groups in total. The fraction of sp³-hybridized carbons (Fsp3) is 0.292. The van der Waals surface area contributed by atoms with Gasteiger partial charge >= 0.3 is 5.97 Å². The van der Waals surface area contributed by atoms with Crippen molar-refractivity contribution < 1.29 is 9.90 Å². The summed E-state index contributed by atoms with van der Waals surface area (Å²) in [6, 6.07) is 17.3. The quantitative estimate of drug-likeness (QED) is 0.611. The Morgan fingerprint density at radius 1 is 1.21 bits per heavy atom. The minimum atomic E-state index is -0.920. The molecule has 0 saturated carbocycles. The number of carbonyl (C=O) groups is 1. The number of aliphatic carboxylic acids is 1. The van der Waals surface area contributed by atoms with Crippen molar-refractivity contribution >= 4 is 22.9 Å². The minimum Gasteiger partial charge on any atom is -0.478 e. The highest BCUT2D eigenvalue weighted by molar-refractivity contribution is 5.85. The number of carboxylic acid groups (broad SMARTS) is 1. The van der Waals surface area contributed by atoms with Crippen LogP contribution in [0.5, 0.6) is 0 Å². The first-order valence-electron chi connectivity index (χ1n) is 9.90. The maximum atomic E-state index is 10.6. The summed E-state index contributed by atoms with van der Waals surface area (Å²) < 4.78 is 0. The Morgan fingerprint density at radius 3 is 2.79 bits per heavy atom. The molecule has 1 saturated heterocycles. The van der Waals surface area contributed by atoms with Gasteiger partial charge in [-0.3, -0.25) is 4.90 Å². The van der Waals surface area contributed by atoms with Crippen molar-refractivity contribution in [2.45, 2.75) is 38.8 Å². The molecule has 1 aliphatic rings. The summed E-state index contributed by atoms with van der Waals surface area (Å²) in [5, 5.41) is 10.1. The molecule has 2 heterocycles. The van der Waals surface area contributed by atoms with Crippen LogP contribution in [-0.2, 0) is 17.8 Å². The van der Waals surface area contributed by atoms with Crippen LogP contribution in [0.4, 0.5) is 0 Å². The van der Waals surface area contributed by atoms with Gasteiger partial charge in [0.1, 0.15) is 0 Å². The normalized spacial score (nSPS) is 17.7. The maximum Gasteiger partial charge on any atom is 0.328 e. The smallest absolute Gasteiger partial charge is 0.328 e. The summed E-state index contributed by atoms with van der Waals surface area (Å²) in [5.74, 6) is -0.920. The maximum absolute atomic E-state index is 10.6. The Bertz CT molecular complexity index is 1000. The predicted molar refractivity (Wildman–Crippen MR) is 113 cm³/mol. The van der Waals surface area contributed by atoms with Gasteiger partial charge in [-0.05, 0) is 61.6 Å². The van der Waals surface area contributed by atoms with E-state index in [0.29, 0.717) is 6.04 Å². The van der Waals surface area contributed by atoms with Crippen molar-refractivity contribution in [3.8, 4) is 0 Å². The number of aromatic nitrogens is 1. The fourth-order valence-corrected chi connectivity index (χ4v) is 4.30. The third-order valence-corrected chi connectivity index (χ3v) is 5.75. The summed E-state index contributed by atoms with van der Waals surface area (Å²) in [6.45, 7) is 4.25. The number of rotatable bonds is 6. The molecule has 1 fully saturated rings. The molecule has 1 aromatic heterocycles. The number of para-hydroxylation sites is 1. The Balaban J connectivity index is 1.46. The molecule has 0 aliphatic carbocycles. The number of nitrogens with one attached hydrogen (secondary N) is 1. The number of nitrogens with zero attached hydrogens (tertiary/aromatic N) is 1. The second kappa shape index (κ2) is 8.03. The van der Waals surface area contributed by atoms with Crippen LogP contribution in [0, 0.1) is 6.92 Å². The molecule has 144 valence electrons. The lowest BCUT2D eigenvalue weighted by Gasteiger charge is -2.25. The number of H-pyrrole nitrogens is 1. The Labute approximate surface area is 165 Å². The molecule has 4 nitrogen and oxygen atoms in total. The van der Waals surface area contributed by atoms with Crippen LogP contribution in [-0.4, -0.2) is 33.5 Å². The zero-order chi connectivity index (χ0) is 19.5.